The van der Waals surface area contributed by atoms with Gasteiger partial charge in [-0.1, -0.05) is 54.0 Å². The maximum absolute atomic E-state index is 15.2. The third kappa shape index (κ3) is 18.7. The van der Waals surface area contributed by atoms with Crippen LogP contribution in [0.2, 0.25) is 0 Å². The van der Waals surface area contributed by atoms with Crippen LogP contribution in [0, 0.1) is 54.8 Å². The second-order valence-electron chi connectivity index (χ2n) is 18.0. The van der Waals surface area contributed by atoms with Gasteiger partial charge in [0.1, 0.15) is 50.9 Å². The fraction of sp³-hybridized carbons (Fsp3) is 0.263. The van der Waals surface area contributed by atoms with Crippen LogP contribution < -0.4 is 47.3 Å². The largest absolute Gasteiger partial charge is 0.534 e. The molecule has 0 aliphatic carbocycles. The van der Waals surface area contributed by atoms with Crippen LogP contribution in [0.3, 0.4) is 0 Å². The van der Waals surface area contributed by atoms with Crippen LogP contribution in [0.5, 0.6) is 23.0 Å². The van der Waals surface area contributed by atoms with E-state index in [2.05, 4.69) is 23.6 Å². The van der Waals surface area contributed by atoms with Crippen LogP contribution in [0.25, 0.3) is 33.4 Å². The van der Waals surface area contributed by atoms with Gasteiger partial charge in [-0.25, -0.2) is 27.5 Å². The molecule has 0 atom stereocenters. The molecule has 23 nitrogen and oxygen atoms in total. The minimum atomic E-state index is -6.36. The van der Waals surface area contributed by atoms with Crippen LogP contribution in [0.1, 0.15) is 52.0 Å². The second kappa shape index (κ2) is 33.2. The van der Waals surface area contributed by atoms with Crippen molar-refractivity contribution >= 4 is 120 Å². The van der Waals surface area contributed by atoms with Crippen molar-refractivity contribution in [3.63, 3.8) is 0 Å². The first kappa shape index (κ1) is 84.4. The second-order valence-corrected chi connectivity index (χ2v) is 25.9. The van der Waals surface area contributed by atoms with Gasteiger partial charge in [0, 0.05) is 43.8 Å². The smallest absolute Gasteiger partial charge is 0.506 e. The summed E-state index contributed by atoms with van der Waals surface area (Å²) in [6.07, 6.45) is 4.90. The van der Waals surface area contributed by atoms with Crippen molar-refractivity contribution in [1.29, 1.82) is 0 Å². The summed E-state index contributed by atoms with van der Waals surface area (Å²) in [4.78, 5) is 80.1. The number of aromatic nitrogens is 6. The van der Waals surface area contributed by atoms with Gasteiger partial charge in [0.25, 0.3) is 32.4 Å². The zero-order valence-corrected chi connectivity index (χ0v) is 55.5. The maximum atomic E-state index is 15.2. The molecule has 37 heteroatoms. The van der Waals surface area contributed by atoms with Crippen LogP contribution in [0.15, 0.2) is 114 Å². The predicted molar refractivity (Wildman–Crippen MR) is 363 cm³/mol. The Morgan fingerprint density at radius 3 is 1.24 bits per heavy atom. The topological polar surface area (TPSA) is 292 Å². The number of methoxy groups -OCH3 is 2. The lowest BCUT2D eigenvalue weighted by Crippen LogP contribution is -2.43. The monoisotopic (exact) mass is 1730 g/mol. The minimum absolute atomic E-state index is 0. The SMILES string of the molecule is C.C.C.C.C#CC#CI.COc1ccc(Cn2c(=O)c3c(O)c(C)c(=O)n(C)c3n(-c3ccc(I)cc3F)c2=O)cc1.COc1ccc(Cn2c(=O)c3c(OS(=O)(=O)C(F)(F)F)c(C)c(=O)n(C)c3n(-c3ccc(I)cc3F)c2=O)cc1.CS(=O)(=O)OS(=O)(=O)C(F)(F)F. The van der Waals surface area contributed by atoms with Gasteiger partial charge < -0.3 is 18.8 Å². The van der Waals surface area contributed by atoms with Gasteiger partial charge >= 0.3 is 42.6 Å². The molecule has 0 saturated heterocycles. The van der Waals surface area contributed by atoms with Crippen LogP contribution in [0.4, 0.5) is 35.1 Å². The van der Waals surface area contributed by atoms with Gasteiger partial charge in [-0.2, -0.15) is 51.6 Å². The van der Waals surface area contributed by atoms with E-state index in [4.69, 9.17) is 15.9 Å². The van der Waals surface area contributed by atoms with E-state index in [0.29, 0.717) is 38.9 Å². The number of pyridine rings is 2. The quantitative estimate of drug-likeness (QED) is 0.0392. The van der Waals surface area contributed by atoms with Crippen molar-refractivity contribution in [2.24, 2.45) is 14.1 Å². The number of nitrogens with zero attached hydrogens (tertiary/aromatic N) is 6. The molecule has 1 N–H and O–H groups in total. The number of alkyl halides is 6. The summed E-state index contributed by atoms with van der Waals surface area (Å²) in [5.74, 6) is 2.12. The number of aryl methyl sites for hydroxylation is 2. The number of aromatic hydroxyl groups is 1. The minimum Gasteiger partial charge on any atom is -0.506 e. The average Bonchev–Trinajstić information content (AvgIpc) is 0.730. The first-order valence-corrected chi connectivity index (χ1v) is 31.9. The molecule has 0 saturated carbocycles. The summed E-state index contributed by atoms with van der Waals surface area (Å²) in [5, 5.41) is 9.61. The predicted octanol–water partition coefficient (Wildman–Crippen LogP) is 9.23. The Hall–Kier alpha value is -7.58. The van der Waals surface area contributed by atoms with E-state index in [9.17, 15) is 89.9 Å². The van der Waals surface area contributed by atoms with E-state index in [-0.39, 0.29) is 64.8 Å². The number of benzene rings is 4. The zero-order valence-electron chi connectivity index (χ0n) is 46.6. The lowest BCUT2D eigenvalue weighted by molar-refractivity contribution is -0.0503. The molecule has 512 valence electrons. The fourth-order valence-corrected chi connectivity index (χ4v) is 11.1. The van der Waals surface area contributed by atoms with Gasteiger partial charge in [0.15, 0.2) is 5.75 Å². The number of rotatable bonds is 12. The molecule has 0 aliphatic heterocycles. The number of ether oxygens (including phenoxy) is 2. The molecular formula is C57H57F8I3N6O17S3. The Morgan fingerprint density at radius 2 is 0.936 bits per heavy atom. The van der Waals surface area contributed by atoms with Crippen molar-refractivity contribution < 1.29 is 82.8 Å². The molecule has 0 spiro atoms. The number of halogens is 11. The summed E-state index contributed by atoms with van der Waals surface area (Å²) >= 11 is 5.62. The van der Waals surface area contributed by atoms with Gasteiger partial charge in [-0.3, -0.25) is 37.4 Å². The van der Waals surface area contributed by atoms with E-state index >= 15 is 4.39 Å². The molecule has 4 heterocycles. The molecule has 0 amide bonds. The van der Waals surface area contributed by atoms with Gasteiger partial charge in [0.2, 0.25) is 0 Å². The molecule has 8 aromatic rings. The molecule has 0 aliphatic rings. The summed E-state index contributed by atoms with van der Waals surface area (Å²) in [6, 6.07) is 20.7. The lowest BCUT2D eigenvalue weighted by Gasteiger charge is -2.20. The Kier molecular flexibility index (Phi) is 29.8. The van der Waals surface area contributed by atoms with Crippen molar-refractivity contribution in [2.75, 3.05) is 20.5 Å². The summed E-state index contributed by atoms with van der Waals surface area (Å²) < 4.78 is 194. The number of fused-ring (bicyclic) bond motifs is 2. The Bertz CT molecular complexity index is 5020. The molecule has 0 unspecified atom stereocenters. The highest BCUT2D eigenvalue weighted by molar-refractivity contribution is 14.1. The molecular weight excluding hydrogens is 1670 g/mol. The van der Waals surface area contributed by atoms with Crippen molar-refractivity contribution in [1.82, 2.24) is 27.4 Å². The van der Waals surface area contributed by atoms with E-state index in [1.54, 1.807) is 52.9 Å². The lowest BCUT2D eigenvalue weighted by atomic mass is 10.2. The van der Waals surface area contributed by atoms with Gasteiger partial charge in [-0.15, -0.1) is 10.1 Å². The van der Waals surface area contributed by atoms with E-state index in [1.807, 2.05) is 45.2 Å². The van der Waals surface area contributed by atoms with Gasteiger partial charge in [-0.05, 0) is 147 Å². The molecule has 0 radical (unpaired) electrons. The molecule has 0 bridgehead atoms. The first-order valence-electron chi connectivity index (χ1n) is 24.0. The Labute approximate surface area is 572 Å². The van der Waals surface area contributed by atoms with E-state index in [1.165, 1.54) is 70.7 Å². The normalized spacial score (nSPS) is 11.1. The molecule has 94 heavy (non-hydrogen) atoms. The van der Waals surface area contributed by atoms with Crippen molar-refractivity contribution in [3.05, 3.63) is 188 Å². The summed E-state index contributed by atoms with van der Waals surface area (Å²) in [5.41, 5.74) is -18.6. The number of hydrogen-bond donors (Lipinski definition) is 1. The molecule has 8 rings (SSSR count). The first-order chi connectivity index (χ1) is 41.6. The zero-order chi connectivity index (χ0) is 68.1. The summed E-state index contributed by atoms with van der Waals surface area (Å²) in [6.45, 7) is 1.74. The fourth-order valence-electron chi connectivity index (χ4n) is 7.95. The molecule has 4 aromatic carbocycles. The van der Waals surface area contributed by atoms with Crippen molar-refractivity contribution in [3.8, 4) is 56.6 Å². The summed E-state index contributed by atoms with van der Waals surface area (Å²) in [7, 11) is -11.7. The standard InChI is InChI=1S/C24H18F4IN3O7S.C23H19FIN3O5.C4HI.C2H3F3O5S2.4CH4/c1-12-19(39-40(36,37)24(26,27)28)18-20(30(2)21(12)33)32(17-9-6-14(29)10-16(17)25)23(35)31(22(18)34)11-13-4-7-15(38-3)8-5-13;1-12-19(29)18-20(26(2)21(12)30)28(17-9-6-14(25)10-16(17)24)23(32)27(22(18)31)11-13-4-7-15(33-3)8-5-13;1-2-3-4-5;1-11(6,7)10-12(8,9)2(3,4)5;;;;/h4-10H,11H2,1-3H3;4-10,29H,11H2,1-3H3;1H;1H3;4*1H4. The number of hydrogen-bond acceptors (Lipinski definition) is 17. The van der Waals surface area contributed by atoms with Crippen LogP contribution in [-0.2, 0) is 61.2 Å². The average molecular weight is 1730 g/mol. The highest BCUT2D eigenvalue weighted by Crippen LogP contribution is 2.33. The van der Waals surface area contributed by atoms with Crippen molar-refractivity contribution in [2.45, 2.75) is 67.7 Å². The van der Waals surface area contributed by atoms with Crippen LogP contribution in [-0.4, -0.2) is 89.3 Å². The Morgan fingerprint density at radius 1 is 0.574 bits per heavy atom. The molecule has 0 fully saturated rings. The highest BCUT2D eigenvalue weighted by Gasteiger charge is 2.50. The van der Waals surface area contributed by atoms with E-state index in [0.717, 1.165) is 44.4 Å². The molecule has 4 aromatic heterocycles. The highest BCUT2D eigenvalue weighted by atomic mass is 127. The van der Waals surface area contributed by atoms with Gasteiger partial charge in [0.05, 0.1) is 56.1 Å². The Balaban J connectivity index is 0.000000736. The maximum Gasteiger partial charge on any atom is 0.534 e. The third-order valence-corrected chi connectivity index (χ3v) is 16.9. The third-order valence-electron chi connectivity index (χ3n) is 12.1. The van der Waals surface area contributed by atoms with Crippen LogP contribution >= 0.6 is 67.8 Å². The number of terminal acetylenes is 1. The van der Waals surface area contributed by atoms with E-state index < -0.39 is 127 Å².